The normalized spacial score (nSPS) is 34.8. The van der Waals surface area contributed by atoms with Crippen LogP contribution in [0.1, 0.15) is 6.92 Å². The van der Waals surface area contributed by atoms with Gasteiger partial charge in [-0.15, -0.1) is 11.6 Å². The lowest BCUT2D eigenvalue weighted by Crippen LogP contribution is -2.34. The highest BCUT2D eigenvalue weighted by Gasteiger charge is 2.39. The molecule has 0 N–H and O–H groups in total. The third kappa shape index (κ3) is 1.67. The van der Waals surface area contributed by atoms with E-state index in [0.717, 1.165) is 26.3 Å². The van der Waals surface area contributed by atoms with Crippen LogP contribution < -0.4 is 0 Å². The van der Waals surface area contributed by atoms with Crippen molar-refractivity contribution in [3.63, 3.8) is 0 Å². The summed E-state index contributed by atoms with van der Waals surface area (Å²) < 4.78 is 5.33. The Balaban J connectivity index is 1.95. The summed E-state index contributed by atoms with van der Waals surface area (Å²) in [7, 11) is 0. The second-order valence-corrected chi connectivity index (χ2v) is 4.57. The molecule has 0 aromatic carbocycles. The fourth-order valence-corrected chi connectivity index (χ4v) is 2.26. The van der Waals surface area contributed by atoms with Crippen LogP contribution in [0.25, 0.3) is 0 Å². The van der Waals surface area contributed by atoms with Gasteiger partial charge in [0.25, 0.3) is 0 Å². The average Bonchev–Trinajstić information content (AvgIpc) is 2.59. The summed E-state index contributed by atoms with van der Waals surface area (Å²) in [6.45, 7) is 5.02. The number of fused-ring (bicyclic) bond motifs is 1. The molecule has 2 saturated heterocycles. The van der Waals surface area contributed by atoms with Crippen LogP contribution in [0.4, 0.5) is 0 Å². The molecule has 3 atom stereocenters. The topological polar surface area (TPSA) is 29.5 Å². The Hall–Kier alpha value is -0.280. The molecule has 74 valence electrons. The number of rotatable bonds is 1. The van der Waals surface area contributed by atoms with E-state index in [0.29, 0.717) is 11.8 Å². The van der Waals surface area contributed by atoms with Crippen molar-refractivity contribution >= 4 is 17.5 Å². The fourth-order valence-electron chi connectivity index (χ4n) is 2.12. The van der Waals surface area contributed by atoms with Gasteiger partial charge in [-0.3, -0.25) is 4.79 Å². The van der Waals surface area contributed by atoms with E-state index in [2.05, 4.69) is 0 Å². The van der Waals surface area contributed by atoms with Crippen molar-refractivity contribution in [2.75, 3.05) is 26.3 Å². The second kappa shape index (κ2) is 3.46. The average molecular weight is 204 g/mol. The van der Waals surface area contributed by atoms with Crippen molar-refractivity contribution in [1.82, 2.24) is 4.90 Å². The fraction of sp³-hybridized carbons (Fsp3) is 0.889. The lowest BCUT2D eigenvalue weighted by molar-refractivity contribution is -0.129. The maximum atomic E-state index is 11.5. The van der Waals surface area contributed by atoms with Crippen LogP contribution in [0.2, 0.25) is 0 Å². The van der Waals surface area contributed by atoms with E-state index >= 15 is 0 Å². The summed E-state index contributed by atoms with van der Waals surface area (Å²) >= 11 is 5.74. The molecular weight excluding hydrogens is 190 g/mol. The van der Waals surface area contributed by atoms with Gasteiger partial charge >= 0.3 is 0 Å². The highest BCUT2D eigenvalue weighted by Crippen LogP contribution is 2.29. The van der Waals surface area contributed by atoms with Gasteiger partial charge in [0.05, 0.1) is 13.2 Å². The first-order valence-corrected chi connectivity index (χ1v) is 5.12. The Bertz CT molecular complexity index is 208. The van der Waals surface area contributed by atoms with Crippen molar-refractivity contribution in [2.24, 2.45) is 11.8 Å². The number of amides is 1. The van der Waals surface area contributed by atoms with E-state index in [1.54, 1.807) is 6.92 Å². The van der Waals surface area contributed by atoms with E-state index in [1.165, 1.54) is 0 Å². The minimum atomic E-state index is -0.389. The number of ether oxygens (including phenoxy) is 1. The number of halogens is 1. The monoisotopic (exact) mass is 203 g/mol. The van der Waals surface area contributed by atoms with Gasteiger partial charge in [-0.2, -0.15) is 0 Å². The number of likely N-dealkylation sites (tertiary alicyclic amines) is 1. The van der Waals surface area contributed by atoms with Crippen molar-refractivity contribution in [3.05, 3.63) is 0 Å². The van der Waals surface area contributed by atoms with Gasteiger partial charge in [-0.05, 0) is 6.92 Å². The lowest BCUT2D eigenvalue weighted by Gasteiger charge is -2.18. The Labute approximate surface area is 83.0 Å². The maximum Gasteiger partial charge on any atom is 0.240 e. The Morgan fingerprint density at radius 2 is 2.00 bits per heavy atom. The van der Waals surface area contributed by atoms with Crippen LogP contribution in [-0.2, 0) is 9.53 Å². The summed E-state index contributed by atoms with van der Waals surface area (Å²) in [6, 6.07) is 0. The quantitative estimate of drug-likeness (QED) is 0.588. The molecule has 0 aliphatic carbocycles. The standard InChI is InChI=1S/C9H14ClNO2/c1-6(10)9(12)11-2-7-4-13-5-8(7)3-11/h6-8H,2-5H2,1H3. The molecule has 0 saturated carbocycles. The molecule has 2 aliphatic rings. The van der Waals surface area contributed by atoms with Crippen LogP contribution in [0, 0.1) is 11.8 Å². The molecule has 1 amide bonds. The van der Waals surface area contributed by atoms with Crippen LogP contribution in [0.15, 0.2) is 0 Å². The number of alkyl halides is 1. The molecular formula is C9H14ClNO2. The van der Waals surface area contributed by atoms with Crippen molar-refractivity contribution < 1.29 is 9.53 Å². The zero-order valence-electron chi connectivity index (χ0n) is 7.70. The number of hydrogen-bond donors (Lipinski definition) is 0. The molecule has 3 nitrogen and oxygen atoms in total. The molecule has 13 heavy (non-hydrogen) atoms. The maximum absolute atomic E-state index is 11.5. The van der Waals surface area contributed by atoms with Crippen LogP contribution in [0.5, 0.6) is 0 Å². The van der Waals surface area contributed by atoms with Crippen molar-refractivity contribution in [1.29, 1.82) is 0 Å². The van der Waals surface area contributed by atoms with E-state index in [4.69, 9.17) is 16.3 Å². The van der Waals surface area contributed by atoms with E-state index < -0.39 is 0 Å². The molecule has 2 aliphatic heterocycles. The van der Waals surface area contributed by atoms with Gasteiger partial charge in [0.2, 0.25) is 5.91 Å². The van der Waals surface area contributed by atoms with Gasteiger partial charge in [-0.25, -0.2) is 0 Å². The molecule has 4 heteroatoms. The molecule has 2 fully saturated rings. The predicted octanol–water partition coefficient (Wildman–Crippen LogP) is 0.719. The van der Waals surface area contributed by atoms with Crippen LogP contribution in [0.3, 0.4) is 0 Å². The van der Waals surface area contributed by atoms with Crippen LogP contribution >= 0.6 is 11.6 Å². The van der Waals surface area contributed by atoms with Gasteiger partial charge < -0.3 is 9.64 Å². The largest absolute Gasteiger partial charge is 0.381 e. The minimum absolute atomic E-state index is 0.0658. The molecule has 0 aromatic rings. The summed E-state index contributed by atoms with van der Waals surface area (Å²) in [4.78, 5) is 13.4. The summed E-state index contributed by atoms with van der Waals surface area (Å²) in [6.07, 6.45) is 0. The van der Waals surface area contributed by atoms with E-state index in [9.17, 15) is 4.79 Å². The first kappa shape index (κ1) is 9.28. The Kier molecular flexibility index (Phi) is 2.47. The summed E-state index contributed by atoms with van der Waals surface area (Å²) in [5.74, 6) is 1.18. The summed E-state index contributed by atoms with van der Waals surface area (Å²) in [5.41, 5.74) is 0. The molecule has 0 aromatic heterocycles. The molecule has 2 rings (SSSR count). The number of carbonyl (C=O) groups is 1. The van der Waals surface area contributed by atoms with E-state index in [1.807, 2.05) is 4.90 Å². The van der Waals surface area contributed by atoms with Crippen LogP contribution in [-0.4, -0.2) is 42.5 Å². The summed E-state index contributed by atoms with van der Waals surface area (Å²) in [5, 5.41) is -0.389. The van der Waals surface area contributed by atoms with Gasteiger partial charge in [0.15, 0.2) is 0 Å². The molecule has 0 bridgehead atoms. The number of hydrogen-bond acceptors (Lipinski definition) is 2. The zero-order chi connectivity index (χ0) is 9.42. The van der Waals surface area contributed by atoms with E-state index in [-0.39, 0.29) is 11.3 Å². The molecule has 0 radical (unpaired) electrons. The third-order valence-corrected chi connectivity index (χ3v) is 3.08. The zero-order valence-corrected chi connectivity index (χ0v) is 8.46. The molecule has 2 heterocycles. The predicted molar refractivity (Wildman–Crippen MR) is 49.7 cm³/mol. The number of nitrogens with zero attached hydrogens (tertiary/aromatic N) is 1. The smallest absolute Gasteiger partial charge is 0.240 e. The highest BCUT2D eigenvalue weighted by molar-refractivity contribution is 6.30. The minimum Gasteiger partial charge on any atom is -0.381 e. The Morgan fingerprint density at radius 3 is 2.46 bits per heavy atom. The molecule has 3 unspecified atom stereocenters. The van der Waals surface area contributed by atoms with Gasteiger partial charge in [-0.1, -0.05) is 0 Å². The highest BCUT2D eigenvalue weighted by atomic mass is 35.5. The lowest BCUT2D eigenvalue weighted by atomic mass is 10.0. The van der Waals surface area contributed by atoms with Gasteiger partial charge in [0.1, 0.15) is 5.38 Å². The first-order valence-electron chi connectivity index (χ1n) is 4.69. The SMILES string of the molecule is CC(Cl)C(=O)N1CC2COCC2C1. The second-order valence-electron chi connectivity index (χ2n) is 3.92. The number of carbonyl (C=O) groups excluding carboxylic acids is 1. The van der Waals surface area contributed by atoms with Gasteiger partial charge in [0, 0.05) is 24.9 Å². The first-order chi connectivity index (χ1) is 6.18. The Morgan fingerprint density at radius 1 is 1.46 bits per heavy atom. The van der Waals surface area contributed by atoms with Crippen molar-refractivity contribution in [3.8, 4) is 0 Å². The molecule has 0 spiro atoms. The third-order valence-electron chi connectivity index (χ3n) is 2.89. The van der Waals surface area contributed by atoms with Crippen molar-refractivity contribution in [2.45, 2.75) is 12.3 Å².